The van der Waals surface area contributed by atoms with Gasteiger partial charge in [-0.05, 0) is 29.7 Å². The van der Waals surface area contributed by atoms with Crippen LogP contribution in [0.1, 0.15) is 42.5 Å². The van der Waals surface area contributed by atoms with Crippen molar-refractivity contribution in [3.8, 4) is 0 Å². The quantitative estimate of drug-likeness (QED) is 0.694. The average Bonchev–Trinajstić information content (AvgIpc) is 3.30. The summed E-state index contributed by atoms with van der Waals surface area (Å²) >= 11 is 0. The molecule has 1 aromatic heterocycles. The number of carbonyl (C=O) groups is 2. The maximum absolute atomic E-state index is 13.5. The molecule has 2 aromatic carbocycles. The Hall–Kier alpha value is -3.55. The molecule has 29 heavy (non-hydrogen) atoms. The molecule has 1 fully saturated rings. The van der Waals surface area contributed by atoms with Gasteiger partial charge in [-0.3, -0.25) is 9.59 Å². The first-order chi connectivity index (χ1) is 14.1. The van der Waals surface area contributed by atoms with Crippen molar-refractivity contribution in [2.45, 2.75) is 31.3 Å². The number of fused-ring (bicyclic) bond motifs is 1. The molecule has 0 unspecified atom stereocenters. The molecule has 146 valence electrons. The number of anilines is 2. The van der Waals surface area contributed by atoms with Crippen molar-refractivity contribution >= 4 is 23.7 Å². The fourth-order valence-electron chi connectivity index (χ4n) is 3.93. The maximum atomic E-state index is 13.5. The van der Waals surface area contributed by atoms with Crippen LogP contribution in [-0.4, -0.2) is 26.6 Å². The Bertz CT molecular complexity index is 1060. The third-order valence-electron chi connectivity index (χ3n) is 5.39. The predicted octanol–water partition coefficient (Wildman–Crippen LogP) is 3.22. The van der Waals surface area contributed by atoms with Gasteiger partial charge in [-0.1, -0.05) is 42.5 Å². The molecule has 0 radical (unpaired) electrons. The topological polar surface area (TPSA) is 80.1 Å². The van der Waals surface area contributed by atoms with Crippen LogP contribution in [0.15, 0.2) is 54.6 Å². The van der Waals surface area contributed by atoms with Gasteiger partial charge < -0.3 is 5.32 Å². The molecule has 2 aliphatic rings. The zero-order valence-electron chi connectivity index (χ0n) is 15.5. The minimum Gasteiger partial charge on any atom is -0.347 e. The fourth-order valence-corrected chi connectivity index (χ4v) is 3.93. The van der Waals surface area contributed by atoms with Gasteiger partial charge in [0.1, 0.15) is 5.82 Å². The fraction of sp³-hybridized carbons (Fsp3) is 0.238. The van der Waals surface area contributed by atoms with Gasteiger partial charge in [0.25, 0.3) is 5.95 Å². The monoisotopic (exact) mass is 391 g/mol. The van der Waals surface area contributed by atoms with Crippen LogP contribution in [0, 0.1) is 5.82 Å². The number of hydrogen-bond donors (Lipinski definition) is 1. The van der Waals surface area contributed by atoms with Gasteiger partial charge >= 0.3 is 0 Å². The van der Waals surface area contributed by atoms with Gasteiger partial charge in [0.15, 0.2) is 0 Å². The summed E-state index contributed by atoms with van der Waals surface area (Å²) < 4.78 is 15.1. The molecule has 1 saturated heterocycles. The van der Waals surface area contributed by atoms with E-state index in [0.29, 0.717) is 12.4 Å². The number of imide groups is 1. The molecule has 2 amide bonds. The maximum Gasteiger partial charge on any atom is 0.260 e. The van der Waals surface area contributed by atoms with E-state index in [9.17, 15) is 14.0 Å². The second-order valence-corrected chi connectivity index (χ2v) is 7.21. The first-order valence-corrected chi connectivity index (χ1v) is 9.49. The molecule has 3 heterocycles. The van der Waals surface area contributed by atoms with Crippen LogP contribution in [0.3, 0.4) is 0 Å². The summed E-state index contributed by atoms with van der Waals surface area (Å²) in [5.74, 6) is -0.343. The Morgan fingerprint density at radius 2 is 1.62 bits per heavy atom. The zero-order valence-corrected chi connectivity index (χ0v) is 15.5. The summed E-state index contributed by atoms with van der Waals surface area (Å²) in [6.45, 7) is 0. The second-order valence-electron chi connectivity index (χ2n) is 7.21. The van der Waals surface area contributed by atoms with Crippen LogP contribution in [-0.2, 0) is 9.59 Å². The van der Waals surface area contributed by atoms with Crippen LogP contribution in [0.4, 0.5) is 16.3 Å². The van der Waals surface area contributed by atoms with Gasteiger partial charge in [0.2, 0.25) is 17.8 Å². The number of nitrogens with zero attached hydrogens (tertiary/aromatic N) is 4. The molecule has 2 aliphatic heterocycles. The van der Waals surface area contributed by atoms with Crippen molar-refractivity contribution in [3.05, 3.63) is 71.5 Å². The van der Waals surface area contributed by atoms with Crippen LogP contribution in [0.2, 0.25) is 0 Å². The van der Waals surface area contributed by atoms with Gasteiger partial charge in [0, 0.05) is 12.8 Å². The number of benzene rings is 2. The third-order valence-corrected chi connectivity index (χ3v) is 5.39. The Morgan fingerprint density at radius 3 is 2.31 bits per heavy atom. The van der Waals surface area contributed by atoms with E-state index in [1.54, 1.807) is 16.8 Å². The van der Waals surface area contributed by atoms with E-state index in [2.05, 4.69) is 15.4 Å². The van der Waals surface area contributed by atoms with Crippen LogP contribution in [0.5, 0.6) is 0 Å². The number of rotatable bonds is 3. The van der Waals surface area contributed by atoms with E-state index in [1.807, 2.05) is 30.3 Å². The van der Waals surface area contributed by atoms with E-state index < -0.39 is 0 Å². The van der Waals surface area contributed by atoms with Crippen LogP contribution >= 0.6 is 0 Å². The molecule has 0 bridgehead atoms. The van der Waals surface area contributed by atoms with Crippen LogP contribution in [0.25, 0.3) is 0 Å². The Morgan fingerprint density at radius 1 is 0.931 bits per heavy atom. The first-order valence-electron chi connectivity index (χ1n) is 9.49. The number of halogens is 1. The molecule has 5 rings (SSSR count). The normalized spacial score (nSPS) is 21.2. The number of carbonyl (C=O) groups excluding carboxylic acids is 2. The smallest absolute Gasteiger partial charge is 0.260 e. The second kappa shape index (κ2) is 6.80. The SMILES string of the molecule is O=C1CCC(=O)N1c1nc2n(n1)[C@H](c1ccc(F)cc1)C[C@@H](c1ccccc1)N2. The van der Waals surface area contributed by atoms with Gasteiger partial charge in [0.05, 0.1) is 12.1 Å². The van der Waals surface area contributed by atoms with Gasteiger partial charge in [-0.2, -0.15) is 4.98 Å². The molecule has 3 aromatic rings. The van der Waals surface area contributed by atoms with Crippen molar-refractivity contribution in [2.24, 2.45) is 0 Å². The van der Waals surface area contributed by atoms with E-state index in [4.69, 9.17) is 0 Å². The van der Waals surface area contributed by atoms with Crippen LogP contribution < -0.4 is 10.2 Å². The summed E-state index contributed by atoms with van der Waals surface area (Å²) in [6, 6.07) is 16.0. The largest absolute Gasteiger partial charge is 0.347 e. The summed E-state index contributed by atoms with van der Waals surface area (Å²) in [7, 11) is 0. The van der Waals surface area contributed by atoms with Gasteiger partial charge in [-0.15, -0.1) is 5.10 Å². The summed E-state index contributed by atoms with van der Waals surface area (Å²) in [5, 5.41) is 7.84. The molecule has 8 heteroatoms. The summed E-state index contributed by atoms with van der Waals surface area (Å²) in [4.78, 5) is 29.8. The van der Waals surface area contributed by atoms with E-state index in [0.717, 1.165) is 16.0 Å². The molecular formula is C21H18FN5O2. The van der Waals surface area contributed by atoms with E-state index >= 15 is 0 Å². The molecule has 2 atom stereocenters. The zero-order chi connectivity index (χ0) is 20.0. The minimum atomic E-state index is -0.310. The molecule has 0 saturated carbocycles. The predicted molar refractivity (Wildman–Crippen MR) is 104 cm³/mol. The molecule has 7 nitrogen and oxygen atoms in total. The summed E-state index contributed by atoms with van der Waals surface area (Å²) in [6.07, 6.45) is 1.00. The van der Waals surface area contributed by atoms with Crippen molar-refractivity contribution in [3.63, 3.8) is 0 Å². The molecule has 0 aliphatic carbocycles. The van der Waals surface area contributed by atoms with E-state index in [1.165, 1.54) is 12.1 Å². The van der Waals surface area contributed by atoms with Crippen molar-refractivity contribution < 1.29 is 14.0 Å². The lowest BCUT2D eigenvalue weighted by molar-refractivity contribution is -0.121. The standard InChI is InChI=1S/C21H18FN5O2/c22-15-8-6-14(7-9-15)17-12-16(13-4-2-1-3-5-13)23-20-24-21(25-27(17)20)26-18(28)10-11-19(26)29/h1-9,16-17H,10-12H2,(H,23,24,25)/t16-,17-/m0/s1. The van der Waals surface area contributed by atoms with E-state index in [-0.39, 0.29) is 48.5 Å². The van der Waals surface area contributed by atoms with Crippen molar-refractivity contribution in [2.75, 3.05) is 10.2 Å². The lowest BCUT2D eigenvalue weighted by atomic mass is 9.93. The van der Waals surface area contributed by atoms with Crippen molar-refractivity contribution in [1.82, 2.24) is 14.8 Å². The Balaban J connectivity index is 1.58. The van der Waals surface area contributed by atoms with Crippen molar-refractivity contribution in [1.29, 1.82) is 0 Å². The van der Waals surface area contributed by atoms with Gasteiger partial charge in [-0.25, -0.2) is 14.0 Å². The molecule has 0 spiro atoms. The Kier molecular flexibility index (Phi) is 4.12. The molecule has 1 N–H and O–H groups in total. The Labute approximate surface area is 166 Å². The number of aromatic nitrogens is 3. The highest BCUT2D eigenvalue weighted by Gasteiger charge is 2.37. The minimum absolute atomic E-state index is 0.0409. The number of hydrogen-bond acceptors (Lipinski definition) is 5. The highest BCUT2D eigenvalue weighted by Crippen LogP contribution is 2.39. The number of amides is 2. The first kappa shape index (κ1) is 17.5. The average molecular weight is 391 g/mol. The summed E-state index contributed by atoms with van der Waals surface area (Å²) in [5.41, 5.74) is 1.97. The highest BCUT2D eigenvalue weighted by atomic mass is 19.1. The molecular weight excluding hydrogens is 373 g/mol. The lowest BCUT2D eigenvalue weighted by Crippen LogP contribution is -2.30. The third kappa shape index (κ3) is 3.06. The number of nitrogens with one attached hydrogen (secondary N) is 1. The highest BCUT2D eigenvalue weighted by molar-refractivity contribution is 6.18. The lowest BCUT2D eigenvalue weighted by Gasteiger charge is -2.31.